The molecule has 0 unspecified atom stereocenters. The van der Waals surface area contributed by atoms with Crippen LogP contribution in [0.2, 0.25) is 0 Å². The molecule has 1 aliphatic rings. The van der Waals surface area contributed by atoms with Gasteiger partial charge in [-0.2, -0.15) is 4.98 Å². The standard InChI is InChI=1S/C24H21FN2OS/c1-15-6-8-16(9-7-15)14-28-23-21-19-4-2-3-5-20(19)29-24(21)27-22(26-23)17-10-12-18(25)13-11-17/h6-13H,2-5,14H2,1H3. The van der Waals surface area contributed by atoms with Crippen LogP contribution in [0.3, 0.4) is 0 Å². The number of hydrogen-bond donors (Lipinski definition) is 0. The first-order valence-corrected chi connectivity index (χ1v) is 10.8. The number of nitrogens with zero attached hydrogens (tertiary/aromatic N) is 2. The molecule has 0 saturated carbocycles. The third-order valence-electron chi connectivity index (χ3n) is 5.38. The second-order valence-corrected chi connectivity index (χ2v) is 8.61. The maximum Gasteiger partial charge on any atom is 0.226 e. The lowest BCUT2D eigenvalue weighted by atomic mass is 9.97. The summed E-state index contributed by atoms with van der Waals surface area (Å²) < 4.78 is 19.6. The Balaban J connectivity index is 1.59. The number of ether oxygens (including phenoxy) is 1. The molecule has 0 aliphatic heterocycles. The molecular weight excluding hydrogens is 383 g/mol. The van der Waals surface area contributed by atoms with E-state index in [9.17, 15) is 4.39 Å². The smallest absolute Gasteiger partial charge is 0.226 e. The predicted octanol–water partition coefficient (Wildman–Crippen LogP) is 6.26. The van der Waals surface area contributed by atoms with Crippen LogP contribution in [-0.2, 0) is 19.4 Å². The molecule has 5 heteroatoms. The molecule has 0 N–H and O–H groups in total. The van der Waals surface area contributed by atoms with E-state index in [1.54, 1.807) is 23.5 Å². The predicted molar refractivity (Wildman–Crippen MR) is 115 cm³/mol. The summed E-state index contributed by atoms with van der Waals surface area (Å²) in [7, 11) is 0. The van der Waals surface area contributed by atoms with Gasteiger partial charge >= 0.3 is 0 Å². The van der Waals surface area contributed by atoms with Gasteiger partial charge in [0, 0.05) is 10.4 Å². The molecule has 29 heavy (non-hydrogen) atoms. The van der Waals surface area contributed by atoms with Crippen LogP contribution in [0, 0.1) is 12.7 Å². The molecule has 0 saturated heterocycles. The summed E-state index contributed by atoms with van der Waals surface area (Å²) in [6, 6.07) is 14.6. The molecule has 2 heterocycles. The Morgan fingerprint density at radius 3 is 2.52 bits per heavy atom. The Labute approximate surface area is 173 Å². The highest BCUT2D eigenvalue weighted by Crippen LogP contribution is 2.40. The maximum atomic E-state index is 13.4. The number of aryl methyl sites for hydroxylation is 3. The molecular formula is C24H21FN2OS. The topological polar surface area (TPSA) is 35.0 Å². The average Bonchev–Trinajstić information content (AvgIpc) is 3.12. The van der Waals surface area contributed by atoms with Crippen LogP contribution in [0.5, 0.6) is 5.88 Å². The summed E-state index contributed by atoms with van der Waals surface area (Å²) in [4.78, 5) is 11.9. The Hall–Kier alpha value is -2.79. The highest BCUT2D eigenvalue weighted by Gasteiger charge is 2.22. The van der Waals surface area contributed by atoms with Crippen LogP contribution in [-0.4, -0.2) is 9.97 Å². The number of hydrogen-bond acceptors (Lipinski definition) is 4. The number of halogens is 1. The minimum Gasteiger partial charge on any atom is -0.472 e. The first-order chi connectivity index (χ1) is 14.2. The number of rotatable bonds is 4. The fraction of sp³-hybridized carbons (Fsp3) is 0.250. The van der Waals surface area contributed by atoms with Crippen molar-refractivity contribution in [2.24, 2.45) is 0 Å². The summed E-state index contributed by atoms with van der Waals surface area (Å²) in [5.41, 5.74) is 4.47. The van der Waals surface area contributed by atoms with Crippen molar-refractivity contribution in [3.63, 3.8) is 0 Å². The number of thiophene rings is 1. The molecule has 2 aromatic carbocycles. The quantitative estimate of drug-likeness (QED) is 0.402. The monoisotopic (exact) mass is 404 g/mol. The molecule has 0 fully saturated rings. The Morgan fingerprint density at radius 1 is 0.966 bits per heavy atom. The largest absolute Gasteiger partial charge is 0.472 e. The van der Waals surface area contributed by atoms with E-state index in [-0.39, 0.29) is 5.82 Å². The third-order valence-corrected chi connectivity index (χ3v) is 6.57. The van der Waals surface area contributed by atoms with E-state index < -0.39 is 0 Å². The molecule has 146 valence electrons. The normalized spacial score (nSPS) is 13.4. The van der Waals surface area contributed by atoms with Crippen LogP contribution < -0.4 is 4.74 Å². The summed E-state index contributed by atoms with van der Waals surface area (Å²) in [6.45, 7) is 2.53. The molecule has 0 radical (unpaired) electrons. The third kappa shape index (κ3) is 3.62. The minimum absolute atomic E-state index is 0.266. The van der Waals surface area contributed by atoms with Gasteiger partial charge in [0.15, 0.2) is 5.82 Å². The fourth-order valence-corrected chi connectivity index (χ4v) is 5.04. The van der Waals surface area contributed by atoms with Gasteiger partial charge in [-0.1, -0.05) is 29.8 Å². The number of benzene rings is 2. The second-order valence-electron chi connectivity index (χ2n) is 7.52. The van der Waals surface area contributed by atoms with E-state index in [0.29, 0.717) is 18.3 Å². The van der Waals surface area contributed by atoms with Crippen molar-refractivity contribution in [3.8, 4) is 17.3 Å². The van der Waals surface area contributed by atoms with Gasteiger partial charge in [-0.05, 0) is 68.0 Å². The zero-order valence-electron chi connectivity index (χ0n) is 16.2. The van der Waals surface area contributed by atoms with Crippen LogP contribution in [0.25, 0.3) is 21.6 Å². The lowest BCUT2D eigenvalue weighted by Crippen LogP contribution is -2.03. The molecule has 2 aromatic heterocycles. The van der Waals surface area contributed by atoms with Crippen LogP contribution in [0.15, 0.2) is 48.5 Å². The Kier molecular flexibility index (Phi) is 4.76. The van der Waals surface area contributed by atoms with Crippen molar-refractivity contribution in [1.82, 2.24) is 9.97 Å². The van der Waals surface area contributed by atoms with Gasteiger partial charge in [0.25, 0.3) is 0 Å². The highest BCUT2D eigenvalue weighted by molar-refractivity contribution is 7.18. The van der Waals surface area contributed by atoms with Crippen LogP contribution in [0.1, 0.15) is 34.4 Å². The molecule has 1 aliphatic carbocycles. The van der Waals surface area contributed by atoms with E-state index in [0.717, 1.165) is 34.2 Å². The van der Waals surface area contributed by atoms with Gasteiger partial charge in [0.2, 0.25) is 5.88 Å². The first-order valence-electron chi connectivity index (χ1n) is 9.94. The highest BCUT2D eigenvalue weighted by atomic mass is 32.1. The average molecular weight is 405 g/mol. The maximum absolute atomic E-state index is 13.4. The van der Waals surface area contributed by atoms with Gasteiger partial charge < -0.3 is 4.74 Å². The lowest BCUT2D eigenvalue weighted by Gasteiger charge is -2.13. The number of aromatic nitrogens is 2. The summed E-state index contributed by atoms with van der Waals surface area (Å²) in [5.74, 6) is 0.946. The zero-order chi connectivity index (χ0) is 19.8. The molecule has 5 rings (SSSR count). The zero-order valence-corrected chi connectivity index (χ0v) is 17.1. The fourth-order valence-electron chi connectivity index (χ4n) is 3.79. The van der Waals surface area contributed by atoms with Crippen molar-refractivity contribution in [3.05, 3.63) is 75.9 Å². The van der Waals surface area contributed by atoms with E-state index in [4.69, 9.17) is 14.7 Å². The summed E-state index contributed by atoms with van der Waals surface area (Å²) >= 11 is 1.74. The first kappa shape index (κ1) is 18.3. The van der Waals surface area contributed by atoms with Gasteiger partial charge in [0.05, 0.1) is 5.39 Å². The van der Waals surface area contributed by atoms with Crippen molar-refractivity contribution in [1.29, 1.82) is 0 Å². The van der Waals surface area contributed by atoms with E-state index in [2.05, 4.69) is 31.2 Å². The van der Waals surface area contributed by atoms with Gasteiger partial charge in [0.1, 0.15) is 17.3 Å². The van der Waals surface area contributed by atoms with Crippen molar-refractivity contribution in [2.75, 3.05) is 0 Å². The van der Waals surface area contributed by atoms with Gasteiger partial charge in [-0.15, -0.1) is 11.3 Å². The molecule has 0 bridgehead atoms. The lowest BCUT2D eigenvalue weighted by molar-refractivity contribution is 0.298. The summed E-state index contributed by atoms with van der Waals surface area (Å²) in [6.07, 6.45) is 4.56. The molecule has 0 atom stereocenters. The van der Waals surface area contributed by atoms with Gasteiger partial charge in [-0.25, -0.2) is 9.37 Å². The van der Waals surface area contributed by atoms with Crippen molar-refractivity contribution in [2.45, 2.75) is 39.2 Å². The van der Waals surface area contributed by atoms with E-state index >= 15 is 0 Å². The van der Waals surface area contributed by atoms with Crippen LogP contribution >= 0.6 is 11.3 Å². The van der Waals surface area contributed by atoms with Gasteiger partial charge in [-0.3, -0.25) is 0 Å². The molecule has 4 aromatic rings. The van der Waals surface area contributed by atoms with Crippen molar-refractivity contribution >= 4 is 21.6 Å². The SMILES string of the molecule is Cc1ccc(COc2nc(-c3ccc(F)cc3)nc3sc4c(c23)CCCC4)cc1. The Bertz CT molecular complexity index is 1170. The number of fused-ring (bicyclic) bond motifs is 3. The molecule has 3 nitrogen and oxygen atoms in total. The van der Waals surface area contributed by atoms with E-state index in [1.807, 2.05) is 0 Å². The van der Waals surface area contributed by atoms with E-state index in [1.165, 1.54) is 41.0 Å². The Morgan fingerprint density at radius 2 is 1.72 bits per heavy atom. The van der Waals surface area contributed by atoms with Crippen molar-refractivity contribution < 1.29 is 9.13 Å². The molecule has 0 amide bonds. The second kappa shape index (κ2) is 7.56. The minimum atomic E-state index is -0.266. The summed E-state index contributed by atoms with van der Waals surface area (Å²) in [5, 5.41) is 1.06. The molecule has 0 spiro atoms. The van der Waals surface area contributed by atoms with Crippen LogP contribution in [0.4, 0.5) is 4.39 Å².